The number of hydrogen-bond acceptors (Lipinski definition) is 3. The van der Waals surface area contributed by atoms with Gasteiger partial charge < -0.3 is 5.32 Å². The van der Waals surface area contributed by atoms with Gasteiger partial charge in [0.25, 0.3) is 0 Å². The Morgan fingerprint density at radius 2 is 2.11 bits per heavy atom. The van der Waals surface area contributed by atoms with E-state index in [1.807, 2.05) is 19.3 Å². The summed E-state index contributed by atoms with van der Waals surface area (Å²) in [5.74, 6) is 1.76. The summed E-state index contributed by atoms with van der Waals surface area (Å²) in [5, 5.41) is 3.05. The van der Waals surface area contributed by atoms with E-state index >= 15 is 0 Å². The lowest BCUT2D eigenvalue weighted by molar-refractivity contribution is 0.133. The highest BCUT2D eigenvalue weighted by atomic mass is 15.1. The van der Waals surface area contributed by atoms with E-state index in [-0.39, 0.29) is 0 Å². The van der Waals surface area contributed by atoms with Crippen molar-refractivity contribution in [1.82, 2.24) is 9.88 Å². The zero-order valence-electron chi connectivity index (χ0n) is 11.8. The highest BCUT2D eigenvalue weighted by molar-refractivity contribution is 5.34. The Morgan fingerprint density at radius 3 is 2.72 bits per heavy atom. The maximum Gasteiger partial charge on any atom is 0.125 e. The van der Waals surface area contributed by atoms with Crippen molar-refractivity contribution >= 4 is 5.82 Å². The molecule has 1 aromatic rings. The molecule has 0 bridgehead atoms. The molecule has 2 atom stereocenters. The lowest BCUT2D eigenvalue weighted by Crippen LogP contribution is -2.38. The first-order chi connectivity index (χ1) is 8.70. The van der Waals surface area contributed by atoms with Gasteiger partial charge in [-0.15, -0.1) is 0 Å². The van der Waals surface area contributed by atoms with Crippen LogP contribution in [0.15, 0.2) is 18.3 Å². The first-order valence-electron chi connectivity index (χ1n) is 7.03. The number of nitrogens with one attached hydrogen (secondary N) is 1. The molecule has 3 heteroatoms. The summed E-state index contributed by atoms with van der Waals surface area (Å²) in [6.07, 6.45) is 7.50. The van der Waals surface area contributed by atoms with E-state index in [1.165, 1.54) is 31.2 Å². The molecule has 2 rings (SSSR count). The predicted octanol–water partition coefficient (Wildman–Crippen LogP) is 3.13. The van der Waals surface area contributed by atoms with Gasteiger partial charge in [-0.2, -0.15) is 0 Å². The molecule has 1 aliphatic carbocycles. The van der Waals surface area contributed by atoms with E-state index < -0.39 is 0 Å². The number of pyridine rings is 1. The average molecular weight is 247 g/mol. The van der Waals surface area contributed by atoms with Crippen molar-refractivity contribution in [2.45, 2.75) is 45.2 Å². The van der Waals surface area contributed by atoms with Crippen molar-refractivity contribution in [3.63, 3.8) is 0 Å². The Kier molecular flexibility index (Phi) is 4.59. The summed E-state index contributed by atoms with van der Waals surface area (Å²) in [5.41, 5.74) is 1.30. The molecule has 2 unspecified atom stereocenters. The summed E-state index contributed by atoms with van der Waals surface area (Å²) >= 11 is 0. The summed E-state index contributed by atoms with van der Waals surface area (Å²) in [4.78, 5) is 6.88. The molecular weight excluding hydrogens is 222 g/mol. The van der Waals surface area contributed by atoms with Crippen LogP contribution >= 0.6 is 0 Å². The van der Waals surface area contributed by atoms with Gasteiger partial charge in [0, 0.05) is 25.8 Å². The fraction of sp³-hybridized carbons (Fsp3) is 0.667. The van der Waals surface area contributed by atoms with Crippen molar-refractivity contribution in [3.8, 4) is 0 Å². The third kappa shape index (κ3) is 3.22. The van der Waals surface area contributed by atoms with Crippen molar-refractivity contribution in [3.05, 3.63) is 23.9 Å². The molecule has 1 heterocycles. The molecule has 0 saturated heterocycles. The van der Waals surface area contributed by atoms with Crippen LogP contribution in [0.25, 0.3) is 0 Å². The zero-order chi connectivity index (χ0) is 13.0. The molecule has 1 saturated carbocycles. The molecular formula is C15H25N3. The molecule has 3 nitrogen and oxygen atoms in total. The van der Waals surface area contributed by atoms with Gasteiger partial charge in [-0.3, -0.25) is 4.90 Å². The molecule has 0 aromatic carbocycles. The van der Waals surface area contributed by atoms with Gasteiger partial charge in [-0.1, -0.05) is 25.8 Å². The second kappa shape index (κ2) is 6.19. The molecule has 0 radical (unpaired) electrons. The number of rotatable bonds is 4. The van der Waals surface area contributed by atoms with E-state index in [0.717, 1.165) is 24.3 Å². The molecule has 100 valence electrons. The first-order valence-corrected chi connectivity index (χ1v) is 7.03. The SMILES string of the molecule is CNc1ccc(CN(C)C2CCCCC2C)cn1. The van der Waals surface area contributed by atoms with E-state index in [0.29, 0.717) is 0 Å². The summed E-state index contributed by atoms with van der Waals surface area (Å²) in [6, 6.07) is 4.96. The lowest BCUT2D eigenvalue weighted by atomic mass is 9.85. The molecule has 0 amide bonds. The van der Waals surface area contributed by atoms with E-state index in [1.54, 1.807) is 0 Å². The van der Waals surface area contributed by atoms with Crippen molar-refractivity contribution in [2.24, 2.45) is 5.92 Å². The van der Waals surface area contributed by atoms with Crippen molar-refractivity contribution in [2.75, 3.05) is 19.4 Å². The highest BCUT2D eigenvalue weighted by Crippen LogP contribution is 2.28. The van der Waals surface area contributed by atoms with Crippen molar-refractivity contribution in [1.29, 1.82) is 0 Å². The first kappa shape index (κ1) is 13.3. The third-order valence-corrected chi connectivity index (χ3v) is 4.15. The Bertz CT molecular complexity index is 361. The normalized spacial score (nSPS) is 24.2. The third-order valence-electron chi connectivity index (χ3n) is 4.15. The minimum Gasteiger partial charge on any atom is -0.373 e. The van der Waals surface area contributed by atoms with Crippen LogP contribution in [0.1, 0.15) is 38.2 Å². The van der Waals surface area contributed by atoms with Gasteiger partial charge in [0.1, 0.15) is 5.82 Å². The summed E-state index contributed by atoms with van der Waals surface area (Å²) in [6.45, 7) is 3.40. The Balaban J connectivity index is 1.94. The standard InChI is InChI=1S/C15H25N3/c1-12-6-4-5-7-14(12)18(3)11-13-8-9-15(16-2)17-10-13/h8-10,12,14H,4-7,11H2,1-3H3,(H,16,17). The Morgan fingerprint density at radius 1 is 1.33 bits per heavy atom. The number of hydrogen-bond donors (Lipinski definition) is 1. The molecule has 1 aromatic heterocycles. The second-order valence-corrected chi connectivity index (χ2v) is 5.55. The number of nitrogens with zero attached hydrogens (tertiary/aromatic N) is 2. The van der Waals surface area contributed by atoms with Gasteiger partial charge in [0.05, 0.1) is 0 Å². The second-order valence-electron chi connectivity index (χ2n) is 5.55. The Hall–Kier alpha value is -1.09. The quantitative estimate of drug-likeness (QED) is 0.886. The van der Waals surface area contributed by atoms with Gasteiger partial charge in [0.2, 0.25) is 0 Å². The van der Waals surface area contributed by atoms with Crippen LogP contribution in [0.3, 0.4) is 0 Å². The fourth-order valence-electron chi connectivity index (χ4n) is 3.02. The lowest BCUT2D eigenvalue weighted by Gasteiger charge is -2.36. The minimum absolute atomic E-state index is 0.739. The summed E-state index contributed by atoms with van der Waals surface area (Å²) in [7, 11) is 4.15. The largest absolute Gasteiger partial charge is 0.373 e. The van der Waals surface area contributed by atoms with Crippen molar-refractivity contribution < 1.29 is 0 Å². The average Bonchev–Trinajstić information content (AvgIpc) is 2.40. The number of anilines is 1. The molecule has 18 heavy (non-hydrogen) atoms. The number of aromatic nitrogens is 1. The predicted molar refractivity (Wildman–Crippen MR) is 76.7 cm³/mol. The molecule has 1 fully saturated rings. The molecule has 1 N–H and O–H groups in total. The van der Waals surface area contributed by atoms with Crippen LogP contribution in [0.4, 0.5) is 5.82 Å². The topological polar surface area (TPSA) is 28.2 Å². The molecule has 0 aliphatic heterocycles. The maximum absolute atomic E-state index is 4.38. The molecule has 1 aliphatic rings. The van der Waals surface area contributed by atoms with Gasteiger partial charge in [0.15, 0.2) is 0 Å². The smallest absolute Gasteiger partial charge is 0.125 e. The maximum atomic E-state index is 4.38. The monoisotopic (exact) mass is 247 g/mol. The van der Waals surface area contributed by atoms with Crippen LogP contribution in [0, 0.1) is 5.92 Å². The minimum atomic E-state index is 0.739. The van der Waals surface area contributed by atoms with Gasteiger partial charge >= 0.3 is 0 Å². The van der Waals surface area contributed by atoms with Crippen LogP contribution in [-0.2, 0) is 6.54 Å². The fourth-order valence-corrected chi connectivity index (χ4v) is 3.02. The van der Waals surface area contributed by atoms with Crippen LogP contribution in [0.5, 0.6) is 0 Å². The van der Waals surface area contributed by atoms with E-state index in [9.17, 15) is 0 Å². The summed E-state index contributed by atoms with van der Waals surface area (Å²) < 4.78 is 0. The highest BCUT2D eigenvalue weighted by Gasteiger charge is 2.24. The van der Waals surface area contributed by atoms with Crippen LogP contribution in [0.2, 0.25) is 0 Å². The van der Waals surface area contributed by atoms with Crippen LogP contribution in [-0.4, -0.2) is 30.0 Å². The van der Waals surface area contributed by atoms with Gasteiger partial charge in [-0.05, 0) is 37.4 Å². The van der Waals surface area contributed by atoms with E-state index in [2.05, 4.69) is 35.2 Å². The molecule has 0 spiro atoms. The van der Waals surface area contributed by atoms with Crippen LogP contribution < -0.4 is 5.32 Å². The Labute approximate surface area is 111 Å². The zero-order valence-corrected chi connectivity index (χ0v) is 11.8. The van der Waals surface area contributed by atoms with Gasteiger partial charge in [-0.25, -0.2) is 4.98 Å². The van der Waals surface area contributed by atoms with E-state index in [4.69, 9.17) is 0 Å².